The number of hydrogen-bond acceptors (Lipinski definition) is 3. The predicted octanol–water partition coefficient (Wildman–Crippen LogP) is 0.790. The minimum atomic E-state index is -0.161. The molecule has 0 aliphatic carbocycles. The Bertz CT molecular complexity index is 485. The quantitative estimate of drug-likeness (QED) is 0.842. The molecule has 0 saturated heterocycles. The maximum absolute atomic E-state index is 12.1. The molecule has 5 heteroatoms. The van der Waals surface area contributed by atoms with E-state index in [1.165, 1.54) is 4.90 Å². The van der Waals surface area contributed by atoms with Gasteiger partial charge >= 0.3 is 0 Å². The molecule has 1 aromatic carbocycles. The zero-order valence-electron chi connectivity index (χ0n) is 11.3. The lowest BCUT2D eigenvalue weighted by Crippen LogP contribution is -2.33. The summed E-state index contributed by atoms with van der Waals surface area (Å²) in [5, 5.41) is 6.04. The number of nitrogens with zero attached hydrogens (tertiary/aromatic N) is 1. The van der Waals surface area contributed by atoms with Crippen LogP contribution in [0, 0.1) is 0 Å². The highest BCUT2D eigenvalue weighted by Gasteiger charge is 2.27. The standard InChI is InChI=1S/C14H19N3O2/c1-17(2)13(18)7-8-15-14(19)11-9-16-12-6-4-3-5-10(11)12/h3-6,11,16H,7-9H2,1-2H3,(H,15,19). The number of nitrogens with one attached hydrogen (secondary N) is 2. The molecular formula is C14H19N3O2. The molecule has 0 bridgehead atoms. The molecule has 1 unspecified atom stereocenters. The Kier molecular flexibility index (Phi) is 4.04. The van der Waals surface area contributed by atoms with E-state index >= 15 is 0 Å². The molecule has 2 amide bonds. The number of fused-ring (bicyclic) bond motifs is 1. The average Bonchev–Trinajstić information content (AvgIpc) is 2.82. The SMILES string of the molecule is CN(C)C(=O)CCNC(=O)C1CNc2ccccc21. The molecule has 0 aromatic heterocycles. The highest BCUT2D eigenvalue weighted by molar-refractivity contribution is 5.88. The molecule has 1 atom stereocenters. The zero-order chi connectivity index (χ0) is 13.8. The fourth-order valence-corrected chi connectivity index (χ4v) is 2.16. The second-order valence-corrected chi connectivity index (χ2v) is 4.85. The highest BCUT2D eigenvalue weighted by atomic mass is 16.2. The molecule has 0 saturated carbocycles. The van der Waals surface area contributed by atoms with Crippen LogP contribution >= 0.6 is 0 Å². The van der Waals surface area contributed by atoms with E-state index in [0.29, 0.717) is 19.5 Å². The first-order chi connectivity index (χ1) is 9.09. The van der Waals surface area contributed by atoms with Gasteiger partial charge in [0.25, 0.3) is 0 Å². The van der Waals surface area contributed by atoms with Crippen molar-refractivity contribution in [3.63, 3.8) is 0 Å². The predicted molar refractivity (Wildman–Crippen MR) is 74.0 cm³/mol. The molecule has 0 radical (unpaired) electrons. The van der Waals surface area contributed by atoms with Crippen LogP contribution in [0.15, 0.2) is 24.3 Å². The molecule has 5 nitrogen and oxygen atoms in total. The molecule has 2 N–H and O–H groups in total. The van der Waals surface area contributed by atoms with Crippen LogP contribution in [0.25, 0.3) is 0 Å². The Balaban J connectivity index is 1.87. The lowest BCUT2D eigenvalue weighted by molar-refractivity contribution is -0.128. The van der Waals surface area contributed by atoms with Crippen molar-refractivity contribution in [2.24, 2.45) is 0 Å². The third-order valence-corrected chi connectivity index (χ3v) is 3.29. The van der Waals surface area contributed by atoms with E-state index in [9.17, 15) is 9.59 Å². The molecule has 1 aromatic rings. The number of benzene rings is 1. The van der Waals surface area contributed by atoms with Crippen LogP contribution in [-0.2, 0) is 9.59 Å². The maximum atomic E-state index is 12.1. The van der Waals surface area contributed by atoms with Crippen molar-refractivity contribution in [3.05, 3.63) is 29.8 Å². The van der Waals surface area contributed by atoms with Crippen molar-refractivity contribution >= 4 is 17.5 Å². The Labute approximate surface area is 113 Å². The molecule has 19 heavy (non-hydrogen) atoms. The van der Waals surface area contributed by atoms with Gasteiger partial charge in [0.15, 0.2) is 0 Å². The molecule has 1 aliphatic rings. The number of carbonyl (C=O) groups excluding carboxylic acids is 2. The molecule has 1 aliphatic heterocycles. The lowest BCUT2D eigenvalue weighted by Gasteiger charge is -2.13. The summed E-state index contributed by atoms with van der Waals surface area (Å²) in [4.78, 5) is 25.0. The van der Waals surface area contributed by atoms with Crippen LogP contribution in [-0.4, -0.2) is 43.9 Å². The van der Waals surface area contributed by atoms with Crippen LogP contribution in [0.3, 0.4) is 0 Å². The summed E-state index contributed by atoms with van der Waals surface area (Å²) in [6.45, 7) is 1.00. The second-order valence-electron chi connectivity index (χ2n) is 4.85. The largest absolute Gasteiger partial charge is 0.384 e. The van der Waals surface area contributed by atoms with Crippen LogP contribution in [0.1, 0.15) is 17.9 Å². The topological polar surface area (TPSA) is 61.4 Å². The smallest absolute Gasteiger partial charge is 0.229 e. The van der Waals surface area contributed by atoms with E-state index in [1.54, 1.807) is 14.1 Å². The first-order valence-corrected chi connectivity index (χ1v) is 6.40. The van der Waals surface area contributed by atoms with Gasteiger partial charge in [0, 0.05) is 39.3 Å². The number of hydrogen-bond donors (Lipinski definition) is 2. The van der Waals surface area contributed by atoms with Gasteiger partial charge in [-0.05, 0) is 11.6 Å². The maximum Gasteiger partial charge on any atom is 0.229 e. The summed E-state index contributed by atoms with van der Waals surface area (Å²) in [5.74, 6) is -0.167. The average molecular weight is 261 g/mol. The molecule has 1 heterocycles. The summed E-state index contributed by atoms with van der Waals surface area (Å²) in [6, 6.07) is 7.81. The Morgan fingerprint density at radius 2 is 2.11 bits per heavy atom. The van der Waals surface area contributed by atoms with Crippen molar-refractivity contribution in [3.8, 4) is 0 Å². The third-order valence-electron chi connectivity index (χ3n) is 3.29. The number of para-hydroxylation sites is 1. The van der Waals surface area contributed by atoms with Crippen molar-refractivity contribution in [1.82, 2.24) is 10.2 Å². The monoisotopic (exact) mass is 261 g/mol. The van der Waals surface area contributed by atoms with Gasteiger partial charge in [-0.2, -0.15) is 0 Å². The van der Waals surface area contributed by atoms with Crippen LogP contribution in [0.4, 0.5) is 5.69 Å². The van der Waals surface area contributed by atoms with E-state index in [-0.39, 0.29) is 17.7 Å². The lowest BCUT2D eigenvalue weighted by atomic mass is 10.0. The summed E-state index contributed by atoms with van der Waals surface area (Å²) < 4.78 is 0. The van der Waals surface area contributed by atoms with Gasteiger partial charge in [0.1, 0.15) is 0 Å². The zero-order valence-corrected chi connectivity index (χ0v) is 11.3. The first-order valence-electron chi connectivity index (χ1n) is 6.40. The number of rotatable bonds is 4. The van der Waals surface area contributed by atoms with E-state index in [4.69, 9.17) is 0 Å². The van der Waals surface area contributed by atoms with Gasteiger partial charge in [0.05, 0.1) is 5.92 Å². The number of amides is 2. The van der Waals surface area contributed by atoms with Gasteiger partial charge in [0.2, 0.25) is 11.8 Å². The molecule has 102 valence electrons. The van der Waals surface area contributed by atoms with Crippen molar-refractivity contribution in [2.45, 2.75) is 12.3 Å². The van der Waals surface area contributed by atoms with Gasteiger partial charge in [-0.3, -0.25) is 9.59 Å². The summed E-state index contributed by atoms with van der Waals surface area (Å²) >= 11 is 0. The molecular weight excluding hydrogens is 242 g/mol. The molecule has 0 fully saturated rings. The van der Waals surface area contributed by atoms with E-state index in [0.717, 1.165) is 11.3 Å². The minimum absolute atomic E-state index is 0.0187. The van der Waals surface area contributed by atoms with Crippen LogP contribution < -0.4 is 10.6 Å². The van der Waals surface area contributed by atoms with Gasteiger partial charge in [-0.15, -0.1) is 0 Å². The molecule has 2 rings (SSSR count). The highest BCUT2D eigenvalue weighted by Crippen LogP contribution is 2.30. The fourth-order valence-electron chi connectivity index (χ4n) is 2.16. The Morgan fingerprint density at radius 3 is 2.84 bits per heavy atom. The third kappa shape index (κ3) is 3.05. The van der Waals surface area contributed by atoms with Crippen LogP contribution in [0.5, 0.6) is 0 Å². The minimum Gasteiger partial charge on any atom is -0.384 e. The van der Waals surface area contributed by atoms with Crippen molar-refractivity contribution < 1.29 is 9.59 Å². The van der Waals surface area contributed by atoms with Gasteiger partial charge in [-0.25, -0.2) is 0 Å². The fraction of sp³-hybridized carbons (Fsp3) is 0.429. The summed E-state index contributed by atoms with van der Waals surface area (Å²) in [5.41, 5.74) is 2.05. The van der Waals surface area contributed by atoms with Gasteiger partial charge in [-0.1, -0.05) is 18.2 Å². The number of anilines is 1. The van der Waals surface area contributed by atoms with Gasteiger partial charge < -0.3 is 15.5 Å². The number of carbonyl (C=O) groups is 2. The van der Waals surface area contributed by atoms with E-state index in [2.05, 4.69) is 10.6 Å². The second kappa shape index (κ2) is 5.73. The summed E-state index contributed by atoms with van der Waals surface area (Å²) in [6.07, 6.45) is 0.334. The molecule has 0 spiro atoms. The van der Waals surface area contributed by atoms with Crippen molar-refractivity contribution in [2.75, 3.05) is 32.5 Å². The van der Waals surface area contributed by atoms with Crippen LogP contribution in [0.2, 0.25) is 0 Å². The van der Waals surface area contributed by atoms with E-state index < -0.39 is 0 Å². The van der Waals surface area contributed by atoms with E-state index in [1.807, 2.05) is 24.3 Å². The normalized spacial score (nSPS) is 16.4. The Hall–Kier alpha value is -2.04. The summed E-state index contributed by atoms with van der Waals surface area (Å²) in [7, 11) is 3.42. The first kappa shape index (κ1) is 13.4. The van der Waals surface area contributed by atoms with Crippen molar-refractivity contribution in [1.29, 1.82) is 0 Å². The Morgan fingerprint density at radius 1 is 1.37 bits per heavy atom.